The van der Waals surface area contributed by atoms with Crippen LogP contribution < -0.4 is 5.32 Å². The summed E-state index contributed by atoms with van der Waals surface area (Å²) in [5.41, 5.74) is 2.88. The lowest BCUT2D eigenvalue weighted by Gasteiger charge is -2.26. The zero-order chi connectivity index (χ0) is 10.7. The normalized spacial score (nSPS) is 15.5. The quantitative estimate of drug-likeness (QED) is 0.813. The highest BCUT2D eigenvalue weighted by atomic mass is 14.9. The minimum atomic E-state index is 0.759. The van der Waals surface area contributed by atoms with Crippen LogP contribution in [0.5, 0.6) is 0 Å². The summed E-state index contributed by atoms with van der Waals surface area (Å²) in [5.74, 6) is 0.817. The van der Waals surface area contributed by atoms with Crippen molar-refractivity contribution in [2.45, 2.75) is 26.2 Å². The molecule has 0 amide bonds. The molecule has 0 unspecified atom stereocenters. The zero-order valence-electron chi connectivity index (χ0n) is 9.09. The summed E-state index contributed by atoms with van der Waals surface area (Å²) in [5, 5.41) is 12.4. The highest BCUT2D eigenvalue weighted by Gasteiger charge is 2.17. The molecule has 0 spiro atoms. The van der Waals surface area contributed by atoms with E-state index in [9.17, 15) is 0 Å². The van der Waals surface area contributed by atoms with Gasteiger partial charge in [-0.3, -0.25) is 0 Å². The van der Waals surface area contributed by atoms with Crippen molar-refractivity contribution < 1.29 is 0 Å². The minimum Gasteiger partial charge on any atom is -0.384 e. The van der Waals surface area contributed by atoms with Gasteiger partial charge in [0.25, 0.3) is 0 Å². The zero-order valence-corrected chi connectivity index (χ0v) is 9.09. The lowest BCUT2D eigenvalue weighted by atomic mass is 9.85. The maximum Gasteiger partial charge on any atom is 0.101 e. The molecule has 0 atom stereocenters. The smallest absolute Gasteiger partial charge is 0.101 e. The van der Waals surface area contributed by atoms with Gasteiger partial charge in [-0.25, -0.2) is 0 Å². The van der Waals surface area contributed by atoms with Crippen LogP contribution in [0.1, 0.15) is 30.4 Å². The van der Waals surface area contributed by atoms with E-state index in [-0.39, 0.29) is 0 Å². The van der Waals surface area contributed by atoms with E-state index in [1.54, 1.807) is 0 Å². The van der Waals surface area contributed by atoms with Gasteiger partial charge in [0.15, 0.2) is 0 Å². The molecule has 0 radical (unpaired) electrons. The van der Waals surface area contributed by atoms with Gasteiger partial charge < -0.3 is 5.32 Å². The van der Waals surface area contributed by atoms with Crippen molar-refractivity contribution in [3.63, 3.8) is 0 Å². The van der Waals surface area contributed by atoms with Crippen molar-refractivity contribution in [2.24, 2.45) is 5.92 Å². The van der Waals surface area contributed by atoms with Crippen LogP contribution in [0.2, 0.25) is 0 Å². The van der Waals surface area contributed by atoms with Crippen molar-refractivity contribution >= 4 is 5.69 Å². The third kappa shape index (κ3) is 2.30. The first-order valence-electron chi connectivity index (χ1n) is 5.54. The summed E-state index contributed by atoms with van der Waals surface area (Å²) >= 11 is 0. The predicted molar refractivity (Wildman–Crippen MR) is 61.7 cm³/mol. The van der Waals surface area contributed by atoms with Gasteiger partial charge in [-0.2, -0.15) is 5.26 Å². The summed E-state index contributed by atoms with van der Waals surface area (Å²) < 4.78 is 0. The van der Waals surface area contributed by atoms with Crippen molar-refractivity contribution in [3.05, 3.63) is 29.3 Å². The molecule has 1 aromatic rings. The molecule has 0 bridgehead atoms. The average Bonchev–Trinajstić information content (AvgIpc) is 2.17. The van der Waals surface area contributed by atoms with Crippen LogP contribution in [0.15, 0.2) is 18.2 Å². The second-order valence-corrected chi connectivity index (χ2v) is 4.34. The Labute approximate surface area is 90.9 Å². The van der Waals surface area contributed by atoms with Gasteiger partial charge in [0.2, 0.25) is 0 Å². The summed E-state index contributed by atoms with van der Waals surface area (Å²) in [4.78, 5) is 0. The molecule has 0 aliphatic heterocycles. The summed E-state index contributed by atoms with van der Waals surface area (Å²) in [6.45, 7) is 3.02. The molecule has 0 saturated heterocycles. The second kappa shape index (κ2) is 4.35. The number of nitriles is 1. The van der Waals surface area contributed by atoms with E-state index in [0.29, 0.717) is 0 Å². The molecular weight excluding hydrogens is 184 g/mol. The topological polar surface area (TPSA) is 35.8 Å². The maximum absolute atomic E-state index is 8.99. The number of aryl methyl sites for hydroxylation is 1. The van der Waals surface area contributed by atoms with E-state index in [4.69, 9.17) is 5.26 Å². The monoisotopic (exact) mass is 200 g/mol. The van der Waals surface area contributed by atoms with E-state index < -0.39 is 0 Å². The first kappa shape index (κ1) is 10.0. The van der Waals surface area contributed by atoms with Gasteiger partial charge in [0.05, 0.1) is 11.3 Å². The Hall–Kier alpha value is -1.49. The molecule has 1 saturated carbocycles. The van der Waals surface area contributed by atoms with Crippen molar-refractivity contribution in [2.75, 3.05) is 11.9 Å². The lowest BCUT2D eigenvalue weighted by Crippen LogP contribution is -2.21. The van der Waals surface area contributed by atoms with Crippen molar-refractivity contribution in [3.8, 4) is 6.07 Å². The van der Waals surface area contributed by atoms with Crippen LogP contribution in [0.4, 0.5) is 5.69 Å². The molecule has 78 valence electrons. The summed E-state index contributed by atoms with van der Waals surface area (Å²) in [6.07, 6.45) is 4.03. The number of hydrogen-bond acceptors (Lipinski definition) is 2. The van der Waals surface area contributed by atoms with Gasteiger partial charge >= 0.3 is 0 Å². The molecular formula is C13H16N2. The highest BCUT2D eigenvalue weighted by Crippen LogP contribution is 2.27. The second-order valence-electron chi connectivity index (χ2n) is 4.34. The summed E-state index contributed by atoms with van der Waals surface area (Å²) in [6, 6.07) is 8.22. The average molecular weight is 200 g/mol. The molecule has 2 heteroatoms. The Morgan fingerprint density at radius 3 is 2.87 bits per heavy atom. The highest BCUT2D eigenvalue weighted by molar-refractivity contribution is 5.58. The van der Waals surface area contributed by atoms with Gasteiger partial charge in [-0.15, -0.1) is 0 Å². The first-order valence-corrected chi connectivity index (χ1v) is 5.54. The number of anilines is 1. The fraction of sp³-hybridized carbons (Fsp3) is 0.462. The molecule has 2 rings (SSSR count). The Kier molecular flexibility index (Phi) is 2.91. The van der Waals surface area contributed by atoms with Crippen molar-refractivity contribution in [1.29, 1.82) is 5.26 Å². The summed E-state index contributed by atoms with van der Waals surface area (Å²) in [7, 11) is 0. The van der Waals surface area contributed by atoms with Gasteiger partial charge in [0.1, 0.15) is 6.07 Å². The lowest BCUT2D eigenvalue weighted by molar-refractivity contribution is 0.333. The van der Waals surface area contributed by atoms with E-state index in [0.717, 1.165) is 29.3 Å². The molecule has 0 aromatic heterocycles. The van der Waals surface area contributed by atoms with Crippen molar-refractivity contribution in [1.82, 2.24) is 0 Å². The predicted octanol–water partition coefficient (Wildman–Crippen LogP) is 3.08. The third-order valence-electron chi connectivity index (χ3n) is 3.10. The Bertz CT molecular complexity index is 386. The van der Waals surface area contributed by atoms with Crippen LogP contribution in [0.25, 0.3) is 0 Å². The Morgan fingerprint density at radius 2 is 2.27 bits per heavy atom. The number of hydrogen-bond donors (Lipinski definition) is 1. The molecule has 1 aromatic carbocycles. The molecule has 0 heterocycles. The largest absolute Gasteiger partial charge is 0.384 e. The van der Waals surface area contributed by atoms with Gasteiger partial charge in [-0.1, -0.05) is 12.5 Å². The van der Waals surface area contributed by atoms with Gasteiger partial charge in [-0.05, 0) is 43.4 Å². The molecule has 15 heavy (non-hydrogen) atoms. The van der Waals surface area contributed by atoms with Crippen LogP contribution >= 0.6 is 0 Å². The standard InChI is InChI=1S/C13H16N2/c1-10-5-6-13(12(7-10)8-14)15-9-11-3-2-4-11/h5-7,11,15H,2-4,9H2,1H3. The fourth-order valence-electron chi connectivity index (χ4n) is 1.86. The fourth-order valence-corrected chi connectivity index (χ4v) is 1.86. The number of benzene rings is 1. The van der Waals surface area contributed by atoms with E-state index in [1.165, 1.54) is 19.3 Å². The first-order chi connectivity index (χ1) is 7.29. The third-order valence-corrected chi connectivity index (χ3v) is 3.10. The van der Waals surface area contributed by atoms with E-state index >= 15 is 0 Å². The molecule has 1 aliphatic rings. The minimum absolute atomic E-state index is 0.759. The number of rotatable bonds is 3. The SMILES string of the molecule is Cc1ccc(NCC2CCC2)c(C#N)c1. The van der Waals surface area contributed by atoms with Gasteiger partial charge in [0, 0.05) is 6.54 Å². The van der Waals surface area contributed by atoms with E-state index in [2.05, 4.69) is 11.4 Å². The molecule has 2 nitrogen and oxygen atoms in total. The molecule has 1 N–H and O–H groups in total. The Balaban J connectivity index is 2.03. The number of nitrogens with one attached hydrogen (secondary N) is 1. The Morgan fingerprint density at radius 1 is 1.47 bits per heavy atom. The number of nitrogens with zero attached hydrogens (tertiary/aromatic N) is 1. The maximum atomic E-state index is 8.99. The van der Waals surface area contributed by atoms with Crippen LogP contribution in [-0.2, 0) is 0 Å². The van der Waals surface area contributed by atoms with Crippen LogP contribution in [0, 0.1) is 24.2 Å². The van der Waals surface area contributed by atoms with Crippen LogP contribution in [0.3, 0.4) is 0 Å². The van der Waals surface area contributed by atoms with E-state index in [1.807, 2.05) is 25.1 Å². The molecule has 1 fully saturated rings. The van der Waals surface area contributed by atoms with Crippen LogP contribution in [-0.4, -0.2) is 6.54 Å². The molecule has 1 aliphatic carbocycles.